The van der Waals surface area contributed by atoms with Crippen LogP contribution in [0.2, 0.25) is 0 Å². The summed E-state index contributed by atoms with van der Waals surface area (Å²) in [5, 5.41) is 13.1. The summed E-state index contributed by atoms with van der Waals surface area (Å²) >= 11 is 0. The maximum Gasteiger partial charge on any atom is 0.188 e. The van der Waals surface area contributed by atoms with Gasteiger partial charge < -0.3 is 16.2 Å². The highest BCUT2D eigenvalue weighted by Crippen LogP contribution is 2.20. The van der Waals surface area contributed by atoms with Crippen LogP contribution in [0.25, 0.3) is 0 Å². The van der Waals surface area contributed by atoms with E-state index in [0.29, 0.717) is 12.1 Å². The van der Waals surface area contributed by atoms with Crippen LogP contribution < -0.4 is 11.1 Å². The molecule has 0 saturated carbocycles. The Balaban J connectivity index is 2.66. The van der Waals surface area contributed by atoms with E-state index >= 15 is 0 Å². The number of nitrogens with one attached hydrogen (secondary N) is 1. The van der Waals surface area contributed by atoms with Crippen molar-refractivity contribution in [2.45, 2.75) is 19.4 Å². The topological polar surface area (TPSA) is 70.6 Å². The molecule has 0 saturated heterocycles. The van der Waals surface area contributed by atoms with E-state index < -0.39 is 5.60 Å². The van der Waals surface area contributed by atoms with Gasteiger partial charge in [0, 0.05) is 6.54 Å². The largest absolute Gasteiger partial charge is 0.384 e. The van der Waals surface area contributed by atoms with E-state index in [4.69, 9.17) is 5.73 Å². The molecule has 0 aliphatic heterocycles. The number of rotatable bonds is 5. The number of aliphatic imine (C=N–C) groups is 1. The Bertz CT molecular complexity index is 466. The van der Waals surface area contributed by atoms with Gasteiger partial charge in [0.15, 0.2) is 5.96 Å². The second-order valence-electron chi connectivity index (χ2n) is 4.79. The zero-order chi connectivity index (χ0) is 14.5. The van der Waals surface area contributed by atoms with Crippen molar-refractivity contribution in [3.8, 4) is 0 Å². The fourth-order valence-electron chi connectivity index (χ4n) is 1.44. The third-order valence-corrected chi connectivity index (χ3v) is 2.59. The first-order chi connectivity index (χ1) is 8.81. The molecule has 1 rings (SSSR count). The fourth-order valence-corrected chi connectivity index (χ4v) is 1.44. The van der Waals surface area contributed by atoms with Crippen LogP contribution in [-0.4, -0.2) is 24.2 Å². The molecule has 4 N–H and O–H groups in total. The van der Waals surface area contributed by atoms with Crippen molar-refractivity contribution in [2.24, 2.45) is 10.7 Å². The SMILES string of the molecule is C=C(C)CNC(N)=NCC(C)(O)c1ccc(F)cc1. The smallest absolute Gasteiger partial charge is 0.188 e. The van der Waals surface area contributed by atoms with Crippen LogP contribution in [0.1, 0.15) is 19.4 Å². The molecule has 0 radical (unpaired) electrons. The Labute approximate surface area is 112 Å². The third kappa shape index (κ3) is 5.09. The van der Waals surface area contributed by atoms with E-state index in [1.54, 1.807) is 6.92 Å². The number of halogens is 1. The Morgan fingerprint density at radius 1 is 1.47 bits per heavy atom. The van der Waals surface area contributed by atoms with Crippen LogP contribution in [0.3, 0.4) is 0 Å². The summed E-state index contributed by atoms with van der Waals surface area (Å²) in [4.78, 5) is 4.07. The van der Waals surface area contributed by atoms with Crippen molar-refractivity contribution in [1.29, 1.82) is 0 Å². The molecular weight excluding hydrogens is 245 g/mol. The summed E-state index contributed by atoms with van der Waals surface area (Å²) in [6.45, 7) is 7.84. The number of hydrogen-bond donors (Lipinski definition) is 3. The normalized spacial score (nSPS) is 14.8. The maximum absolute atomic E-state index is 12.8. The quantitative estimate of drug-likeness (QED) is 0.429. The highest BCUT2D eigenvalue weighted by atomic mass is 19.1. The van der Waals surface area contributed by atoms with Crippen molar-refractivity contribution >= 4 is 5.96 Å². The van der Waals surface area contributed by atoms with Gasteiger partial charge in [0.2, 0.25) is 0 Å². The summed E-state index contributed by atoms with van der Waals surface area (Å²) < 4.78 is 12.8. The van der Waals surface area contributed by atoms with Gasteiger partial charge in [-0.3, -0.25) is 4.99 Å². The highest BCUT2D eigenvalue weighted by Gasteiger charge is 2.22. The summed E-state index contributed by atoms with van der Waals surface area (Å²) in [7, 11) is 0. The molecule has 0 bridgehead atoms. The molecule has 5 heteroatoms. The van der Waals surface area contributed by atoms with Crippen molar-refractivity contribution in [3.05, 3.63) is 47.8 Å². The predicted octanol–water partition coefficient (Wildman–Crippen LogP) is 1.51. The zero-order valence-electron chi connectivity index (χ0n) is 11.3. The molecule has 1 unspecified atom stereocenters. The average Bonchev–Trinajstić information content (AvgIpc) is 2.34. The lowest BCUT2D eigenvalue weighted by Gasteiger charge is -2.22. The van der Waals surface area contributed by atoms with Crippen molar-refractivity contribution in [3.63, 3.8) is 0 Å². The molecule has 4 nitrogen and oxygen atoms in total. The summed E-state index contributed by atoms with van der Waals surface area (Å²) in [5.74, 6) is -0.101. The van der Waals surface area contributed by atoms with E-state index in [-0.39, 0.29) is 18.3 Å². The van der Waals surface area contributed by atoms with E-state index in [9.17, 15) is 9.50 Å². The fraction of sp³-hybridized carbons (Fsp3) is 0.357. The van der Waals surface area contributed by atoms with Crippen LogP contribution in [0.5, 0.6) is 0 Å². The zero-order valence-corrected chi connectivity index (χ0v) is 11.3. The van der Waals surface area contributed by atoms with E-state index in [0.717, 1.165) is 5.57 Å². The molecular formula is C14H20FN3O. The van der Waals surface area contributed by atoms with Gasteiger partial charge in [-0.25, -0.2) is 4.39 Å². The van der Waals surface area contributed by atoms with E-state index in [2.05, 4.69) is 16.9 Å². The summed E-state index contributed by atoms with van der Waals surface area (Å²) in [6.07, 6.45) is 0. The summed E-state index contributed by atoms with van der Waals surface area (Å²) in [6, 6.07) is 5.66. The molecule has 1 atom stereocenters. The number of aliphatic hydroxyl groups is 1. The minimum Gasteiger partial charge on any atom is -0.384 e. The number of benzene rings is 1. The minimum atomic E-state index is -1.19. The van der Waals surface area contributed by atoms with Crippen molar-refractivity contribution in [1.82, 2.24) is 5.32 Å². The molecule has 0 fully saturated rings. The van der Waals surface area contributed by atoms with Gasteiger partial charge in [-0.05, 0) is 31.5 Å². The number of nitrogens with zero attached hydrogens (tertiary/aromatic N) is 1. The monoisotopic (exact) mass is 265 g/mol. The summed E-state index contributed by atoms with van der Waals surface area (Å²) in [5.41, 5.74) is 5.99. The first-order valence-electron chi connectivity index (χ1n) is 5.98. The van der Waals surface area contributed by atoms with Gasteiger partial charge in [0.1, 0.15) is 11.4 Å². The Morgan fingerprint density at radius 3 is 2.58 bits per heavy atom. The number of hydrogen-bond acceptors (Lipinski definition) is 2. The first kappa shape index (κ1) is 15.2. The maximum atomic E-state index is 12.8. The number of nitrogens with two attached hydrogens (primary N) is 1. The van der Waals surface area contributed by atoms with Crippen LogP contribution in [0.4, 0.5) is 4.39 Å². The molecule has 1 aromatic rings. The van der Waals surface area contributed by atoms with Crippen LogP contribution in [0.15, 0.2) is 41.4 Å². The second-order valence-corrected chi connectivity index (χ2v) is 4.79. The predicted molar refractivity (Wildman–Crippen MR) is 75.3 cm³/mol. The van der Waals surface area contributed by atoms with Gasteiger partial charge >= 0.3 is 0 Å². The average molecular weight is 265 g/mol. The molecule has 0 aliphatic rings. The Kier molecular flexibility index (Phi) is 5.06. The molecule has 0 aliphatic carbocycles. The van der Waals surface area contributed by atoms with E-state index in [1.807, 2.05) is 6.92 Å². The van der Waals surface area contributed by atoms with Gasteiger partial charge in [-0.15, -0.1) is 0 Å². The molecule has 104 valence electrons. The Hall–Kier alpha value is -1.88. The van der Waals surface area contributed by atoms with Gasteiger partial charge in [-0.1, -0.05) is 24.3 Å². The van der Waals surface area contributed by atoms with Gasteiger partial charge in [0.05, 0.1) is 6.54 Å². The standard InChI is InChI=1S/C14H20FN3O/c1-10(2)8-17-13(16)18-9-14(3,19)11-4-6-12(15)7-5-11/h4-7,19H,1,8-9H2,2-3H3,(H3,16,17,18). The second kappa shape index (κ2) is 6.33. The lowest BCUT2D eigenvalue weighted by Crippen LogP contribution is -2.35. The third-order valence-electron chi connectivity index (χ3n) is 2.59. The molecule has 0 heterocycles. The van der Waals surface area contributed by atoms with Gasteiger partial charge in [-0.2, -0.15) is 0 Å². The minimum absolute atomic E-state index is 0.0909. The van der Waals surface area contributed by atoms with Crippen LogP contribution >= 0.6 is 0 Å². The van der Waals surface area contributed by atoms with Crippen LogP contribution in [0, 0.1) is 5.82 Å². The lowest BCUT2D eigenvalue weighted by atomic mass is 9.96. The molecule has 19 heavy (non-hydrogen) atoms. The lowest BCUT2D eigenvalue weighted by molar-refractivity contribution is 0.0672. The molecule has 1 aromatic carbocycles. The van der Waals surface area contributed by atoms with Crippen molar-refractivity contribution < 1.29 is 9.50 Å². The van der Waals surface area contributed by atoms with E-state index in [1.165, 1.54) is 24.3 Å². The van der Waals surface area contributed by atoms with Crippen molar-refractivity contribution in [2.75, 3.05) is 13.1 Å². The Morgan fingerprint density at radius 2 is 2.05 bits per heavy atom. The van der Waals surface area contributed by atoms with Gasteiger partial charge in [0.25, 0.3) is 0 Å². The molecule has 0 amide bonds. The number of guanidine groups is 1. The van der Waals surface area contributed by atoms with Crippen LogP contribution in [-0.2, 0) is 5.60 Å². The highest BCUT2D eigenvalue weighted by molar-refractivity contribution is 5.78. The molecule has 0 aromatic heterocycles. The molecule has 0 spiro atoms. The first-order valence-corrected chi connectivity index (χ1v) is 5.98.